The zero-order valence-electron chi connectivity index (χ0n) is 13.3. The third kappa shape index (κ3) is 3.07. The Morgan fingerprint density at radius 1 is 1.30 bits per heavy atom. The molecule has 1 aromatic carbocycles. The highest BCUT2D eigenvalue weighted by molar-refractivity contribution is 7.17. The number of hydrogen-bond acceptors (Lipinski definition) is 4. The fourth-order valence-electron chi connectivity index (χ4n) is 2.68. The second-order valence-corrected chi connectivity index (χ2v) is 6.55. The third-order valence-electron chi connectivity index (χ3n) is 3.57. The summed E-state index contributed by atoms with van der Waals surface area (Å²) in [6.45, 7) is 6.69. The van der Waals surface area contributed by atoms with Gasteiger partial charge in [0.2, 0.25) is 0 Å². The number of carboxylic acid groups (broad SMARTS) is 1. The number of carbonyl (C=O) groups is 1. The predicted molar refractivity (Wildman–Crippen MR) is 90.5 cm³/mol. The van der Waals surface area contributed by atoms with E-state index in [0.717, 1.165) is 38.0 Å². The van der Waals surface area contributed by atoms with Crippen LogP contribution in [-0.4, -0.2) is 27.1 Å². The summed E-state index contributed by atoms with van der Waals surface area (Å²) in [5.74, 6) is 0.105. The molecule has 23 heavy (non-hydrogen) atoms. The summed E-state index contributed by atoms with van der Waals surface area (Å²) >= 11 is 1.41. The van der Waals surface area contributed by atoms with E-state index in [2.05, 4.69) is 17.1 Å². The third-order valence-corrected chi connectivity index (χ3v) is 4.57. The highest BCUT2D eigenvalue weighted by atomic mass is 32.1. The number of aryl methyl sites for hydroxylation is 2. The maximum atomic E-state index is 10.8. The average Bonchev–Trinajstić information content (AvgIpc) is 3.00. The van der Waals surface area contributed by atoms with Crippen molar-refractivity contribution in [2.24, 2.45) is 0 Å². The van der Waals surface area contributed by atoms with Crippen molar-refractivity contribution in [2.45, 2.75) is 27.2 Å². The fraction of sp³-hybridized carbons (Fsp3) is 0.294. The molecule has 0 amide bonds. The van der Waals surface area contributed by atoms with E-state index in [1.165, 1.54) is 11.3 Å². The van der Waals surface area contributed by atoms with E-state index < -0.39 is 5.97 Å². The zero-order chi connectivity index (χ0) is 16.6. The monoisotopic (exact) mass is 330 g/mol. The number of carboxylic acids is 1. The van der Waals surface area contributed by atoms with Crippen LogP contribution in [0.1, 0.15) is 22.9 Å². The summed E-state index contributed by atoms with van der Waals surface area (Å²) in [4.78, 5) is 17.0. The van der Waals surface area contributed by atoms with E-state index in [1.807, 2.05) is 37.6 Å². The number of imidazole rings is 1. The lowest BCUT2D eigenvalue weighted by Crippen LogP contribution is -1.97. The van der Waals surface area contributed by atoms with E-state index in [0.29, 0.717) is 6.61 Å². The van der Waals surface area contributed by atoms with E-state index in [4.69, 9.17) is 9.84 Å². The first-order valence-corrected chi connectivity index (χ1v) is 8.23. The number of ether oxygens (including phenoxy) is 1. The average molecular weight is 330 g/mol. The van der Waals surface area contributed by atoms with Crippen molar-refractivity contribution in [3.05, 3.63) is 40.5 Å². The molecular weight excluding hydrogens is 312 g/mol. The number of aliphatic carboxylic acids is 1. The van der Waals surface area contributed by atoms with Crippen LogP contribution in [-0.2, 0) is 11.2 Å². The number of fused-ring (bicyclic) bond motifs is 1. The highest BCUT2D eigenvalue weighted by Gasteiger charge is 2.13. The molecule has 0 aliphatic carbocycles. The summed E-state index contributed by atoms with van der Waals surface area (Å²) < 4.78 is 7.56. The van der Waals surface area contributed by atoms with Gasteiger partial charge >= 0.3 is 5.97 Å². The lowest BCUT2D eigenvalue weighted by atomic mass is 10.0. The molecule has 0 aliphatic heterocycles. The molecule has 1 N–H and O–H groups in total. The molecule has 0 saturated carbocycles. The normalized spacial score (nSPS) is 11.1. The summed E-state index contributed by atoms with van der Waals surface area (Å²) in [5, 5.41) is 8.86. The van der Waals surface area contributed by atoms with Crippen molar-refractivity contribution in [3.8, 4) is 17.0 Å². The molecule has 0 fully saturated rings. The van der Waals surface area contributed by atoms with Crippen LogP contribution in [0, 0.1) is 13.8 Å². The molecule has 6 heteroatoms. The molecular formula is C17H18N2O3S. The van der Waals surface area contributed by atoms with E-state index in [-0.39, 0.29) is 6.42 Å². The number of benzene rings is 1. The fourth-order valence-corrected chi connectivity index (χ4v) is 3.63. The van der Waals surface area contributed by atoms with Crippen LogP contribution in [0.25, 0.3) is 16.2 Å². The summed E-state index contributed by atoms with van der Waals surface area (Å²) in [6.07, 6.45) is 3.80. The van der Waals surface area contributed by atoms with Gasteiger partial charge in [-0.05, 0) is 44.0 Å². The van der Waals surface area contributed by atoms with Crippen molar-refractivity contribution in [2.75, 3.05) is 6.61 Å². The Labute approximate surface area is 138 Å². The molecule has 2 aromatic heterocycles. The standard InChI is InChI=1S/C17H18N2O3S/c1-4-22-16-10(2)5-12(6-11(16)3)14-9-19-8-13(7-15(20)21)23-17(19)18-14/h5-6,8-9H,4,7H2,1-3H3,(H,20,21). The van der Waals surface area contributed by atoms with Crippen LogP contribution < -0.4 is 4.74 Å². The van der Waals surface area contributed by atoms with Crippen LogP contribution in [0.2, 0.25) is 0 Å². The minimum absolute atomic E-state index is 0.0324. The topological polar surface area (TPSA) is 63.8 Å². The second kappa shape index (κ2) is 6.04. The summed E-state index contributed by atoms with van der Waals surface area (Å²) in [5.41, 5.74) is 4.10. The van der Waals surface area contributed by atoms with Gasteiger partial charge in [0.05, 0.1) is 18.7 Å². The van der Waals surface area contributed by atoms with E-state index >= 15 is 0 Å². The van der Waals surface area contributed by atoms with Gasteiger partial charge in [0.25, 0.3) is 0 Å². The van der Waals surface area contributed by atoms with Gasteiger partial charge in [-0.15, -0.1) is 11.3 Å². The minimum atomic E-state index is -0.826. The number of aromatic nitrogens is 2. The Hall–Kier alpha value is -2.34. The molecule has 2 heterocycles. The Balaban J connectivity index is 1.97. The number of hydrogen-bond donors (Lipinski definition) is 1. The van der Waals surface area contributed by atoms with Gasteiger partial charge in [0.1, 0.15) is 5.75 Å². The Kier molecular flexibility index (Phi) is 4.09. The predicted octanol–water partition coefficient (Wildman–Crippen LogP) is 3.71. The second-order valence-electron chi connectivity index (χ2n) is 5.46. The van der Waals surface area contributed by atoms with Crippen LogP contribution in [0.5, 0.6) is 5.75 Å². The lowest BCUT2D eigenvalue weighted by Gasteiger charge is -2.12. The first-order chi connectivity index (χ1) is 11.0. The minimum Gasteiger partial charge on any atom is -0.493 e. The molecule has 0 aliphatic rings. The molecule has 0 radical (unpaired) electrons. The molecule has 0 unspecified atom stereocenters. The molecule has 120 valence electrons. The molecule has 0 spiro atoms. The molecule has 0 bridgehead atoms. The number of rotatable bonds is 5. The first kappa shape index (κ1) is 15.6. The van der Waals surface area contributed by atoms with Gasteiger partial charge in [-0.25, -0.2) is 4.98 Å². The van der Waals surface area contributed by atoms with Gasteiger partial charge in [-0.3, -0.25) is 9.20 Å². The van der Waals surface area contributed by atoms with Gasteiger partial charge in [-0.2, -0.15) is 0 Å². The lowest BCUT2D eigenvalue weighted by molar-refractivity contribution is -0.136. The molecule has 5 nitrogen and oxygen atoms in total. The van der Waals surface area contributed by atoms with Gasteiger partial charge in [0.15, 0.2) is 4.96 Å². The zero-order valence-corrected chi connectivity index (χ0v) is 14.1. The summed E-state index contributed by atoms with van der Waals surface area (Å²) in [7, 11) is 0. The van der Waals surface area contributed by atoms with E-state index in [1.54, 1.807) is 0 Å². The van der Waals surface area contributed by atoms with Crippen LogP contribution >= 0.6 is 11.3 Å². The number of nitrogens with zero attached hydrogens (tertiary/aromatic N) is 2. The van der Waals surface area contributed by atoms with Gasteiger partial charge in [0, 0.05) is 22.8 Å². The highest BCUT2D eigenvalue weighted by Crippen LogP contribution is 2.31. The quantitative estimate of drug-likeness (QED) is 0.774. The van der Waals surface area contributed by atoms with Crippen molar-refractivity contribution in [1.82, 2.24) is 9.38 Å². The van der Waals surface area contributed by atoms with E-state index in [9.17, 15) is 4.79 Å². The molecule has 0 saturated heterocycles. The summed E-state index contributed by atoms with van der Waals surface area (Å²) in [6, 6.07) is 4.14. The maximum Gasteiger partial charge on any atom is 0.308 e. The van der Waals surface area contributed by atoms with Crippen molar-refractivity contribution >= 4 is 22.3 Å². The Morgan fingerprint density at radius 3 is 2.57 bits per heavy atom. The van der Waals surface area contributed by atoms with Gasteiger partial charge in [-0.1, -0.05) is 0 Å². The van der Waals surface area contributed by atoms with Crippen molar-refractivity contribution in [1.29, 1.82) is 0 Å². The first-order valence-electron chi connectivity index (χ1n) is 7.41. The molecule has 0 atom stereocenters. The molecule has 3 rings (SSSR count). The van der Waals surface area contributed by atoms with Crippen molar-refractivity contribution < 1.29 is 14.6 Å². The Bertz CT molecular complexity index is 825. The van der Waals surface area contributed by atoms with Gasteiger partial charge < -0.3 is 9.84 Å². The maximum absolute atomic E-state index is 10.8. The Morgan fingerprint density at radius 2 is 2.00 bits per heavy atom. The SMILES string of the molecule is CCOc1c(C)cc(-c2cn3cc(CC(=O)O)sc3n2)cc1C. The van der Waals surface area contributed by atoms with Crippen LogP contribution in [0.4, 0.5) is 0 Å². The van der Waals surface area contributed by atoms with Crippen LogP contribution in [0.3, 0.4) is 0 Å². The molecule has 3 aromatic rings. The smallest absolute Gasteiger partial charge is 0.308 e. The number of thiazole rings is 1. The van der Waals surface area contributed by atoms with Crippen molar-refractivity contribution in [3.63, 3.8) is 0 Å². The van der Waals surface area contributed by atoms with Crippen LogP contribution in [0.15, 0.2) is 24.5 Å². The largest absolute Gasteiger partial charge is 0.493 e.